The number of nitrogens with zero attached hydrogens (tertiary/aromatic N) is 2. The number of likely N-dealkylation sites (tertiary alicyclic amines) is 1. The number of pyridine rings is 1. The molecule has 3 aromatic rings. The van der Waals surface area contributed by atoms with Gasteiger partial charge in [0.2, 0.25) is 5.91 Å². The number of aliphatic carboxylic acids is 1. The van der Waals surface area contributed by atoms with Crippen molar-refractivity contribution in [1.82, 2.24) is 14.8 Å². The summed E-state index contributed by atoms with van der Waals surface area (Å²) < 4.78 is 72.7. The maximum Gasteiger partial charge on any atom is 0.416 e. The number of carboxylic acids is 1. The molecule has 0 bridgehead atoms. The zero-order valence-corrected chi connectivity index (χ0v) is 27.1. The molecule has 1 fully saturated rings. The van der Waals surface area contributed by atoms with E-state index in [0.717, 1.165) is 30.3 Å². The molecular formula is C35H40F5N3O4. The number of hydrogen-bond donors (Lipinski definition) is 2. The van der Waals surface area contributed by atoms with Crippen molar-refractivity contribution in [1.29, 1.82) is 0 Å². The van der Waals surface area contributed by atoms with Crippen LogP contribution in [0.25, 0.3) is 11.1 Å². The highest BCUT2D eigenvalue weighted by molar-refractivity contribution is 5.82. The number of hydrogen-bond acceptors (Lipinski definition) is 4. The second-order valence-corrected chi connectivity index (χ2v) is 12.8. The summed E-state index contributed by atoms with van der Waals surface area (Å²) in [6.07, 6.45) is -3.43. The van der Waals surface area contributed by atoms with Crippen molar-refractivity contribution in [2.24, 2.45) is 5.92 Å². The van der Waals surface area contributed by atoms with Crippen molar-refractivity contribution >= 4 is 11.9 Å². The van der Waals surface area contributed by atoms with E-state index in [9.17, 15) is 37.1 Å². The molecule has 2 atom stereocenters. The van der Waals surface area contributed by atoms with Crippen LogP contribution in [0.5, 0.6) is 0 Å². The Morgan fingerprint density at radius 3 is 2.15 bits per heavy atom. The fraction of sp³-hybridized carbons (Fsp3) is 0.457. The third kappa shape index (κ3) is 8.46. The number of amides is 1. The van der Waals surface area contributed by atoms with E-state index in [1.165, 1.54) is 25.1 Å². The number of carboxylic acid groups (broad SMARTS) is 1. The van der Waals surface area contributed by atoms with Crippen molar-refractivity contribution < 1.29 is 36.6 Å². The molecule has 254 valence electrons. The van der Waals surface area contributed by atoms with Crippen molar-refractivity contribution in [2.75, 3.05) is 19.6 Å². The zero-order chi connectivity index (χ0) is 34.8. The largest absolute Gasteiger partial charge is 0.481 e. The molecule has 7 nitrogen and oxygen atoms in total. The van der Waals surface area contributed by atoms with Crippen LogP contribution >= 0.6 is 0 Å². The zero-order valence-electron chi connectivity index (χ0n) is 27.1. The van der Waals surface area contributed by atoms with Crippen LogP contribution in [0.2, 0.25) is 0 Å². The Balaban J connectivity index is 1.77. The van der Waals surface area contributed by atoms with Gasteiger partial charge < -0.3 is 19.9 Å². The molecule has 12 heteroatoms. The average molecular weight is 662 g/mol. The molecule has 1 aliphatic heterocycles. The highest BCUT2D eigenvalue weighted by Crippen LogP contribution is 2.35. The molecule has 2 aromatic carbocycles. The first-order chi connectivity index (χ1) is 22.0. The minimum Gasteiger partial charge on any atom is -0.481 e. The van der Waals surface area contributed by atoms with Crippen LogP contribution in [0.3, 0.4) is 0 Å². The van der Waals surface area contributed by atoms with Crippen LogP contribution < -0.4 is 10.9 Å². The lowest BCUT2D eigenvalue weighted by molar-refractivity contribution is -0.139. The van der Waals surface area contributed by atoms with Crippen LogP contribution in [-0.2, 0) is 22.2 Å². The van der Waals surface area contributed by atoms with Crippen LogP contribution in [0.1, 0.15) is 78.6 Å². The summed E-state index contributed by atoms with van der Waals surface area (Å²) in [4.78, 5) is 41.1. The SMILES string of the molecule is Cc1cc(-c2c(C)cc(F)cc2C)cc(C(CC(=O)O)NC(=O)C(CC(C)C)n2cc(CCN3CCC3)c(C(F)(F)F)cc2=O)c1F. The van der Waals surface area contributed by atoms with Crippen LogP contribution in [0.4, 0.5) is 22.0 Å². The van der Waals surface area contributed by atoms with Crippen LogP contribution in [0, 0.1) is 38.3 Å². The van der Waals surface area contributed by atoms with Gasteiger partial charge in [-0.1, -0.05) is 13.8 Å². The van der Waals surface area contributed by atoms with Crippen molar-refractivity contribution in [2.45, 2.75) is 78.6 Å². The number of nitrogens with one attached hydrogen (secondary N) is 1. The number of alkyl halides is 3. The average Bonchev–Trinajstić information content (AvgIpc) is 2.91. The van der Waals surface area contributed by atoms with Gasteiger partial charge in [0.05, 0.1) is 18.0 Å². The van der Waals surface area contributed by atoms with E-state index < -0.39 is 59.3 Å². The lowest BCUT2D eigenvalue weighted by Gasteiger charge is -2.31. The lowest BCUT2D eigenvalue weighted by Crippen LogP contribution is -2.41. The molecule has 0 saturated carbocycles. The Morgan fingerprint density at radius 2 is 1.62 bits per heavy atom. The molecule has 2 heterocycles. The normalized spacial score (nSPS) is 15.0. The summed E-state index contributed by atoms with van der Waals surface area (Å²) in [5, 5.41) is 12.4. The van der Waals surface area contributed by atoms with Gasteiger partial charge >= 0.3 is 12.1 Å². The smallest absolute Gasteiger partial charge is 0.416 e. The summed E-state index contributed by atoms with van der Waals surface area (Å²) in [5.41, 5.74) is 0.0566. The van der Waals surface area contributed by atoms with Gasteiger partial charge in [0, 0.05) is 24.4 Å². The summed E-state index contributed by atoms with van der Waals surface area (Å²) >= 11 is 0. The fourth-order valence-corrected chi connectivity index (χ4v) is 6.22. The standard InChI is InChI=1S/C35H40F5N3O4/c1-19(2)11-29(43-18-23(7-10-42-8-6-9-42)27(16-30(43)44)35(38,39)40)34(47)41-28(17-31(45)46)26-15-24(12-22(5)33(26)37)32-20(3)13-25(36)14-21(32)4/h12-16,18-19,28-29H,6-11,17H2,1-5H3,(H,41,47)(H,45,46). The predicted molar refractivity (Wildman–Crippen MR) is 168 cm³/mol. The van der Waals surface area contributed by atoms with Gasteiger partial charge in [-0.25, -0.2) is 8.78 Å². The molecule has 2 unspecified atom stereocenters. The molecule has 1 aliphatic rings. The van der Waals surface area contributed by atoms with E-state index in [2.05, 4.69) is 5.32 Å². The van der Waals surface area contributed by atoms with Gasteiger partial charge in [0.1, 0.15) is 17.7 Å². The summed E-state index contributed by atoms with van der Waals surface area (Å²) in [6, 6.07) is 3.42. The van der Waals surface area contributed by atoms with E-state index in [1.807, 2.05) is 4.90 Å². The van der Waals surface area contributed by atoms with Crippen molar-refractivity contribution in [3.63, 3.8) is 0 Å². The molecule has 0 spiro atoms. The van der Waals surface area contributed by atoms with E-state index in [1.54, 1.807) is 33.8 Å². The molecular weight excluding hydrogens is 621 g/mol. The second-order valence-electron chi connectivity index (χ2n) is 12.8. The topological polar surface area (TPSA) is 91.6 Å². The number of carbonyl (C=O) groups is 2. The van der Waals surface area contributed by atoms with E-state index >= 15 is 4.39 Å². The number of aryl methyl sites for hydroxylation is 3. The summed E-state index contributed by atoms with van der Waals surface area (Å²) in [7, 11) is 0. The van der Waals surface area contributed by atoms with E-state index in [4.69, 9.17) is 0 Å². The van der Waals surface area contributed by atoms with Crippen molar-refractivity contribution in [3.05, 3.63) is 91.9 Å². The van der Waals surface area contributed by atoms with E-state index in [0.29, 0.717) is 34.9 Å². The Hall–Kier alpha value is -4.06. The Labute approximate surface area is 270 Å². The minimum absolute atomic E-state index is 0.00623. The van der Waals surface area contributed by atoms with Gasteiger partial charge in [-0.2, -0.15) is 13.2 Å². The summed E-state index contributed by atoms with van der Waals surface area (Å²) in [5.74, 6) is -3.58. The van der Waals surface area contributed by atoms with Gasteiger partial charge in [-0.05, 0) is 117 Å². The number of rotatable bonds is 12. The monoisotopic (exact) mass is 661 g/mol. The maximum atomic E-state index is 15.7. The molecule has 1 aromatic heterocycles. The molecule has 0 radical (unpaired) electrons. The van der Waals surface area contributed by atoms with Crippen LogP contribution in [-0.4, -0.2) is 46.1 Å². The minimum atomic E-state index is -4.79. The molecule has 2 N–H and O–H groups in total. The first-order valence-corrected chi connectivity index (χ1v) is 15.6. The van der Waals surface area contributed by atoms with Crippen molar-refractivity contribution in [3.8, 4) is 11.1 Å². The first-order valence-electron chi connectivity index (χ1n) is 15.6. The van der Waals surface area contributed by atoms with Crippen LogP contribution in [0.15, 0.2) is 41.3 Å². The van der Waals surface area contributed by atoms with Gasteiger partial charge in [-0.3, -0.25) is 14.4 Å². The van der Waals surface area contributed by atoms with E-state index in [-0.39, 0.29) is 35.4 Å². The van der Waals surface area contributed by atoms with Gasteiger partial charge in [0.15, 0.2) is 0 Å². The Morgan fingerprint density at radius 1 is 0.979 bits per heavy atom. The lowest BCUT2D eigenvalue weighted by atomic mass is 9.90. The highest BCUT2D eigenvalue weighted by Gasteiger charge is 2.36. The molecule has 47 heavy (non-hydrogen) atoms. The first kappa shape index (κ1) is 35.8. The molecule has 0 aliphatic carbocycles. The summed E-state index contributed by atoms with van der Waals surface area (Å²) in [6.45, 7) is 10.3. The number of aromatic nitrogens is 1. The number of halogens is 5. The predicted octanol–water partition coefficient (Wildman–Crippen LogP) is 6.91. The molecule has 4 rings (SSSR count). The maximum absolute atomic E-state index is 15.7. The number of carbonyl (C=O) groups excluding carboxylic acids is 1. The molecule has 1 saturated heterocycles. The third-order valence-corrected chi connectivity index (χ3v) is 8.59. The highest BCUT2D eigenvalue weighted by atomic mass is 19.4. The quantitative estimate of drug-likeness (QED) is 0.206. The second kappa shape index (κ2) is 14.4. The number of benzene rings is 2. The van der Waals surface area contributed by atoms with Gasteiger partial charge in [-0.15, -0.1) is 0 Å². The third-order valence-electron chi connectivity index (χ3n) is 8.59. The Bertz CT molecular complexity index is 1690. The fourth-order valence-electron chi connectivity index (χ4n) is 6.22. The Kier molecular flexibility index (Phi) is 10.9. The van der Waals surface area contributed by atoms with Gasteiger partial charge in [0.25, 0.3) is 5.56 Å². The molecule has 1 amide bonds.